The molecule has 0 spiro atoms. The molecule has 0 unspecified atom stereocenters. The average Bonchev–Trinajstić information content (AvgIpc) is 2.88. The van der Waals surface area contributed by atoms with Crippen LogP contribution in [0.25, 0.3) is 10.9 Å². The van der Waals surface area contributed by atoms with Gasteiger partial charge in [-0.3, -0.25) is 9.59 Å². The van der Waals surface area contributed by atoms with Gasteiger partial charge in [0, 0.05) is 26.1 Å². The van der Waals surface area contributed by atoms with E-state index in [4.69, 9.17) is 9.47 Å². The number of hydrogen-bond acceptors (Lipinski definition) is 6. The van der Waals surface area contributed by atoms with Crippen LogP contribution in [-0.4, -0.2) is 35.5 Å². The van der Waals surface area contributed by atoms with Gasteiger partial charge in [0.1, 0.15) is 5.82 Å². The Labute approximate surface area is 236 Å². The van der Waals surface area contributed by atoms with Crippen molar-refractivity contribution in [1.29, 1.82) is 0 Å². The van der Waals surface area contributed by atoms with Gasteiger partial charge >= 0.3 is 0 Å². The number of halogens is 2. The Hall–Kier alpha value is -3.50. The van der Waals surface area contributed by atoms with Crippen molar-refractivity contribution in [1.82, 2.24) is 9.66 Å². The third kappa shape index (κ3) is 6.31. The van der Waals surface area contributed by atoms with Crippen LogP contribution < -0.4 is 20.3 Å². The number of benzene rings is 3. The van der Waals surface area contributed by atoms with E-state index >= 15 is 0 Å². The molecule has 0 aliphatic rings. The number of aryl methyl sites for hydroxylation is 1. The number of nitrogens with zero attached hydrogens (tertiary/aromatic N) is 3. The smallest absolute Gasteiger partial charge is 0.282 e. The van der Waals surface area contributed by atoms with Crippen LogP contribution in [0.5, 0.6) is 11.5 Å². The first kappa shape index (κ1) is 27.5. The predicted octanol–water partition coefficient (Wildman–Crippen LogP) is 6.26. The largest absolute Gasteiger partial charge is 0.493 e. The van der Waals surface area contributed by atoms with E-state index in [1.165, 1.54) is 18.0 Å². The van der Waals surface area contributed by atoms with Gasteiger partial charge in [0.15, 0.2) is 18.1 Å². The summed E-state index contributed by atoms with van der Waals surface area (Å²) in [7, 11) is 1.51. The number of anilines is 1. The Morgan fingerprint density at radius 1 is 1.11 bits per heavy atom. The molecule has 1 aromatic heterocycles. The summed E-state index contributed by atoms with van der Waals surface area (Å²) in [5.74, 6) is 0.841. The first-order valence-corrected chi connectivity index (χ1v) is 13.4. The molecule has 0 saturated heterocycles. The summed E-state index contributed by atoms with van der Waals surface area (Å²) in [5.41, 5.74) is 2.58. The minimum atomic E-state index is -0.329. The fraction of sp³-hybridized carbons (Fsp3) is 0.214. The topological polar surface area (TPSA) is 94.8 Å². The number of hydrogen-bond donors (Lipinski definition) is 1. The lowest BCUT2D eigenvalue weighted by Crippen LogP contribution is -2.23. The number of aromatic nitrogens is 2. The quantitative estimate of drug-likeness (QED) is 0.229. The van der Waals surface area contributed by atoms with E-state index in [2.05, 4.69) is 47.3 Å². The second kappa shape index (κ2) is 11.9. The number of nitrogens with one attached hydrogen (secondary N) is 1. The second-order valence-electron chi connectivity index (χ2n) is 8.88. The van der Waals surface area contributed by atoms with Gasteiger partial charge in [-0.1, -0.05) is 63.4 Å². The van der Waals surface area contributed by atoms with Gasteiger partial charge in [0.05, 0.1) is 24.2 Å². The second-order valence-corrected chi connectivity index (χ2v) is 10.7. The van der Waals surface area contributed by atoms with Crippen molar-refractivity contribution in [3.8, 4) is 11.5 Å². The molecule has 0 bridgehead atoms. The molecule has 1 N–H and O–H groups in total. The van der Waals surface area contributed by atoms with Crippen LogP contribution in [0.2, 0.25) is 0 Å². The number of carbonyl (C=O) groups is 1. The first-order valence-electron chi connectivity index (χ1n) is 11.8. The Balaban J connectivity index is 1.68. The molecule has 196 valence electrons. The van der Waals surface area contributed by atoms with Crippen LogP contribution in [0.4, 0.5) is 5.69 Å². The van der Waals surface area contributed by atoms with Crippen molar-refractivity contribution in [2.75, 3.05) is 19.0 Å². The minimum Gasteiger partial charge on any atom is -0.493 e. The van der Waals surface area contributed by atoms with Crippen molar-refractivity contribution in [3.05, 3.63) is 90.8 Å². The molecule has 4 rings (SSSR count). The number of fused-ring (bicyclic) bond motifs is 1. The Kier molecular flexibility index (Phi) is 8.63. The molecule has 0 atom stereocenters. The van der Waals surface area contributed by atoms with Gasteiger partial charge in [-0.25, -0.2) is 4.98 Å². The molecule has 38 heavy (non-hydrogen) atoms. The molecule has 0 fully saturated rings. The van der Waals surface area contributed by atoms with Gasteiger partial charge in [-0.05, 0) is 49.4 Å². The third-order valence-electron chi connectivity index (χ3n) is 5.61. The number of amides is 1. The molecule has 1 amide bonds. The maximum absolute atomic E-state index is 13.4. The van der Waals surface area contributed by atoms with E-state index in [1.54, 1.807) is 24.3 Å². The molecule has 0 aliphatic heterocycles. The maximum atomic E-state index is 13.4. The molecule has 0 radical (unpaired) electrons. The van der Waals surface area contributed by atoms with Crippen molar-refractivity contribution >= 4 is 60.6 Å². The first-order chi connectivity index (χ1) is 18.2. The molecule has 10 heteroatoms. The highest BCUT2D eigenvalue weighted by atomic mass is 79.9. The standard InChI is InChI=1S/C28H26Br2N4O4/c1-16(2)27-33-23-10-7-19(29)12-22(23)28(36)34(27)31-14-18-11-20(30)13-24(37-4)26(18)38-15-25(35)32-21-8-5-17(3)6-9-21/h5-14,16H,15H2,1-4H3,(H,32,35). The lowest BCUT2D eigenvalue weighted by Gasteiger charge is -2.15. The Morgan fingerprint density at radius 2 is 1.84 bits per heavy atom. The average molecular weight is 642 g/mol. The van der Waals surface area contributed by atoms with E-state index in [-0.39, 0.29) is 24.0 Å². The van der Waals surface area contributed by atoms with Crippen molar-refractivity contribution in [3.63, 3.8) is 0 Å². The summed E-state index contributed by atoms with van der Waals surface area (Å²) in [6, 6.07) is 16.3. The fourth-order valence-corrected chi connectivity index (χ4v) is 4.55. The molecule has 0 aliphatic carbocycles. The highest BCUT2D eigenvalue weighted by molar-refractivity contribution is 9.10. The van der Waals surface area contributed by atoms with Crippen molar-refractivity contribution in [2.24, 2.45) is 5.10 Å². The molecule has 8 nitrogen and oxygen atoms in total. The lowest BCUT2D eigenvalue weighted by atomic mass is 10.2. The molecule has 4 aromatic rings. The summed E-state index contributed by atoms with van der Waals surface area (Å²) in [4.78, 5) is 30.6. The van der Waals surface area contributed by atoms with E-state index in [1.807, 2.05) is 51.1 Å². The number of carbonyl (C=O) groups excluding carboxylic acids is 1. The summed E-state index contributed by atoms with van der Waals surface area (Å²) >= 11 is 6.89. The summed E-state index contributed by atoms with van der Waals surface area (Å²) < 4.78 is 14.2. The van der Waals surface area contributed by atoms with Crippen molar-refractivity contribution < 1.29 is 14.3 Å². The van der Waals surface area contributed by atoms with Crippen LogP contribution in [0.3, 0.4) is 0 Å². The SMILES string of the molecule is COc1cc(Br)cc(C=Nn2c(C(C)C)nc3ccc(Br)cc3c2=O)c1OCC(=O)Nc1ccc(C)cc1. The van der Waals surface area contributed by atoms with Gasteiger partial charge in [-0.2, -0.15) is 9.78 Å². The minimum absolute atomic E-state index is 0.0638. The van der Waals surface area contributed by atoms with Gasteiger partial charge in [0.2, 0.25) is 0 Å². The van der Waals surface area contributed by atoms with Gasteiger partial charge < -0.3 is 14.8 Å². The van der Waals surface area contributed by atoms with Gasteiger partial charge in [0.25, 0.3) is 11.5 Å². The molecular formula is C28H26Br2N4O4. The van der Waals surface area contributed by atoms with Crippen LogP contribution >= 0.6 is 31.9 Å². The van der Waals surface area contributed by atoms with E-state index in [0.717, 1.165) is 10.0 Å². The highest BCUT2D eigenvalue weighted by Crippen LogP contribution is 2.34. The molecule has 3 aromatic carbocycles. The third-order valence-corrected chi connectivity index (χ3v) is 6.56. The van der Waals surface area contributed by atoms with Crippen molar-refractivity contribution in [2.45, 2.75) is 26.7 Å². The van der Waals surface area contributed by atoms with Crippen LogP contribution in [-0.2, 0) is 4.79 Å². The van der Waals surface area contributed by atoms with E-state index in [9.17, 15) is 9.59 Å². The fourth-order valence-electron chi connectivity index (χ4n) is 3.73. The lowest BCUT2D eigenvalue weighted by molar-refractivity contribution is -0.118. The normalized spacial score (nSPS) is 11.3. The molecular weight excluding hydrogens is 616 g/mol. The monoisotopic (exact) mass is 640 g/mol. The van der Waals surface area contributed by atoms with Crippen LogP contribution in [0.1, 0.15) is 36.7 Å². The maximum Gasteiger partial charge on any atom is 0.282 e. The van der Waals surface area contributed by atoms with Gasteiger partial charge in [-0.15, -0.1) is 0 Å². The predicted molar refractivity (Wildman–Crippen MR) is 157 cm³/mol. The summed E-state index contributed by atoms with van der Waals surface area (Å²) in [6.45, 7) is 5.61. The summed E-state index contributed by atoms with van der Waals surface area (Å²) in [6.07, 6.45) is 1.50. The Morgan fingerprint density at radius 3 is 2.53 bits per heavy atom. The number of ether oxygens (including phenoxy) is 2. The number of rotatable bonds is 8. The molecule has 1 heterocycles. The Bertz CT molecular complexity index is 1580. The zero-order valence-corrected chi connectivity index (χ0v) is 24.5. The summed E-state index contributed by atoms with van der Waals surface area (Å²) in [5, 5.41) is 7.75. The zero-order valence-electron chi connectivity index (χ0n) is 21.3. The molecule has 0 saturated carbocycles. The number of methoxy groups -OCH3 is 1. The van der Waals surface area contributed by atoms with E-state index < -0.39 is 0 Å². The van der Waals surface area contributed by atoms with E-state index in [0.29, 0.717) is 43.9 Å². The highest BCUT2D eigenvalue weighted by Gasteiger charge is 2.16. The zero-order chi connectivity index (χ0) is 27.4. The van der Waals surface area contributed by atoms with Crippen LogP contribution in [0.15, 0.2) is 73.4 Å². The van der Waals surface area contributed by atoms with Crippen LogP contribution in [0, 0.1) is 6.92 Å².